The van der Waals surface area contributed by atoms with Crippen LogP contribution in [0.25, 0.3) is 0 Å². The lowest BCUT2D eigenvalue weighted by molar-refractivity contribution is 0.112. The monoisotopic (exact) mass is 340 g/mol. The third kappa shape index (κ3) is 4.91. The summed E-state index contributed by atoms with van der Waals surface area (Å²) in [7, 11) is 0. The summed E-state index contributed by atoms with van der Waals surface area (Å²) in [6.07, 6.45) is 2.03. The van der Waals surface area contributed by atoms with E-state index in [9.17, 15) is 4.79 Å². The van der Waals surface area contributed by atoms with Gasteiger partial charge in [-0.3, -0.25) is 4.79 Å². The molecule has 1 aromatic rings. The molecule has 0 fully saturated rings. The smallest absolute Gasteiger partial charge is 0.150 e. The molecule has 3 nitrogen and oxygen atoms in total. The number of hydrogen-bond donors (Lipinski definition) is 0. The highest BCUT2D eigenvalue weighted by atomic mass is 79.9. The second kappa shape index (κ2) is 9.14. The number of benzene rings is 1. The number of anilines is 1. The van der Waals surface area contributed by atoms with E-state index >= 15 is 0 Å². The first-order valence-electron chi connectivity index (χ1n) is 7.38. The van der Waals surface area contributed by atoms with Crippen molar-refractivity contribution in [2.75, 3.05) is 37.6 Å². The minimum Gasteiger partial charge on any atom is -0.371 e. The fourth-order valence-electron chi connectivity index (χ4n) is 2.33. The molecule has 4 heteroatoms. The topological polar surface area (TPSA) is 23.6 Å². The maximum Gasteiger partial charge on any atom is 0.150 e. The molecule has 0 saturated heterocycles. The number of carbonyl (C=O) groups excluding carboxylic acids is 1. The molecule has 0 aliphatic carbocycles. The zero-order valence-corrected chi connectivity index (χ0v) is 14.3. The number of rotatable bonds is 9. The van der Waals surface area contributed by atoms with Crippen LogP contribution < -0.4 is 4.90 Å². The average molecular weight is 341 g/mol. The van der Waals surface area contributed by atoms with Crippen LogP contribution in [0.4, 0.5) is 5.69 Å². The lowest BCUT2D eigenvalue weighted by Crippen LogP contribution is -2.30. The van der Waals surface area contributed by atoms with Gasteiger partial charge in [0, 0.05) is 23.1 Å². The standard InChI is InChI=1S/C16H25BrN2O/c1-4-18(5-2)10-7-11-19(6-3)16-9-8-14(13-20)12-15(16)17/h8-9,12-13H,4-7,10-11H2,1-3H3. The van der Waals surface area contributed by atoms with Crippen molar-refractivity contribution in [2.45, 2.75) is 27.2 Å². The highest BCUT2D eigenvalue weighted by molar-refractivity contribution is 9.10. The van der Waals surface area contributed by atoms with Crippen molar-refractivity contribution in [3.8, 4) is 0 Å². The average Bonchev–Trinajstić information content (AvgIpc) is 2.48. The van der Waals surface area contributed by atoms with Gasteiger partial charge in [-0.1, -0.05) is 13.8 Å². The van der Waals surface area contributed by atoms with E-state index in [0.717, 1.165) is 55.6 Å². The van der Waals surface area contributed by atoms with Gasteiger partial charge in [-0.15, -0.1) is 0 Å². The van der Waals surface area contributed by atoms with Crippen LogP contribution in [-0.2, 0) is 0 Å². The van der Waals surface area contributed by atoms with E-state index in [1.165, 1.54) is 0 Å². The first-order chi connectivity index (χ1) is 9.65. The molecule has 20 heavy (non-hydrogen) atoms. The Morgan fingerprint density at radius 3 is 2.30 bits per heavy atom. The van der Waals surface area contributed by atoms with Gasteiger partial charge in [0.1, 0.15) is 6.29 Å². The fourth-order valence-corrected chi connectivity index (χ4v) is 2.97. The molecule has 0 aliphatic heterocycles. The molecule has 112 valence electrons. The lowest BCUT2D eigenvalue weighted by Gasteiger charge is -2.26. The number of carbonyl (C=O) groups is 1. The van der Waals surface area contributed by atoms with Gasteiger partial charge < -0.3 is 9.80 Å². The number of halogens is 1. The molecule has 0 unspecified atom stereocenters. The Balaban J connectivity index is 2.64. The molecule has 0 radical (unpaired) electrons. The summed E-state index contributed by atoms with van der Waals surface area (Å²) >= 11 is 3.57. The Morgan fingerprint density at radius 2 is 1.80 bits per heavy atom. The van der Waals surface area contributed by atoms with Gasteiger partial charge in [-0.05, 0) is 67.1 Å². The van der Waals surface area contributed by atoms with Crippen molar-refractivity contribution in [1.29, 1.82) is 0 Å². The SMILES string of the molecule is CCN(CC)CCCN(CC)c1ccc(C=O)cc1Br. The van der Waals surface area contributed by atoms with Crippen molar-refractivity contribution in [3.63, 3.8) is 0 Å². The Hall–Kier alpha value is -0.870. The molecular formula is C16H25BrN2O. The molecule has 0 N–H and O–H groups in total. The summed E-state index contributed by atoms with van der Waals surface area (Å²) in [4.78, 5) is 15.6. The quantitative estimate of drug-likeness (QED) is 0.638. The third-order valence-corrected chi connectivity index (χ3v) is 4.26. The molecule has 0 spiro atoms. The van der Waals surface area contributed by atoms with Crippen molar-refractivity contribution in [2.24, 2.45) is 0 Å². The summed E-state index contributed by atoms with van der Waals surface area (Å²) in [5.74, 6) is 0. The molecule has 0 saturated carbocycles. The van der Waals surface area contributed by atoms with Crippen LogP contribution in [0.2, 0.25) is 0 Å². The second-order valence-corrected chi connectivity index (χ2v) is 5.64. The molecule has 0 aromatic heterocycles. The molecule has 0 amide bonds. The second-order valence-electron chi connectivity index (χ2n) is 4.79. The van der Waals surface area contributed by atoms with E-state index in [2.05, 4.69) is 46.5 Å². The number of hydrogen-bond acceptors (Lipinski definition) is 3. The summed E-state index contributed by atoms with van der Waals surface area (Å²) in [5, 5.41) is 0. The van der Waals surface area contributed by atoms with Crippen LogP contribution in [0.1, 0.15) is 37.6 Å². The highest BCUT2D eigenvalue weighted by Gasteiger charge is 2.09. The molecule has 1 rings (SSSR count). The normalized spacial score (nSPS) is 10.8. The third-order valence-electron chi connectivity index (χ3n) is 3.63. The largest absolute Gasteiger partial charge is 0.371 e. The molecule has 0 heterocycles. The predicted octanol–water partition coefficient (Wildman–Crippen LogP) is 3.82. The number of nitrogens with zero attached hydrogens (tertiary/aromatic N) is 2. The van der Waals surface area contributed by atoms with Gasteiger partial charge in [-0.2, -0.15) is 0 Å². The summed E-state index contributed by atoms with van der Waals surface area (Å²) in [6, 6.07) is 5.78. The van der Waals surface area contributed by atoms with E-state index in [1.807, 2.05) is 18.2 Å². The summed E-state index contributed by atoms with van der Waals surface area (Å²) < 4.78 is 0.992. The van der Waals surface area contributed by atoms with Crippen LogP contribution in [0, 0.1) is 0 Å². The molecular weight excluding hydrogens is 316 g/mol. The van der Waals surface area contributed by atoms with Crippen LogP contribution in [0.15, 0.2) is 22.7 Å². The molecule has 0 bridgehead atoms. The Bertz CT molecular complexity index is 419. The number of aldehydes is 1. The first-order valence-corrected chi connectivity index (χ1v) is 8.17. The van der Waals surface area contributed by atoms with Gasteiger partial charge in [-0.25, -0.2) is 0 Å². The van der Waals surface area contributed by atoms with Crippen molar-refractivity contribution < 1.29 is 4.79 Å². The minimum atomic E-state index is 0.708. The molecule has 0 atom stereocenters. The van der Waals surface area contributed by atoms with E-state index in [-0.39, 0.29) is 0 Å². The minimum absolute atomic E-state index is 0.708. The van der Waals surface area contributed by atoms with Gasteiger partial charge in [0.25, 0.3) is 0 Å². The predicted molar refractivity (Wildman–Crippen MR) is 89.8 cm³/mol. The van der Waals surface area contributed by atoms with E-state index in [4.69, 9.17) is 0 Å². The van der Waals surface area contributed by atoms with Gasteiger partial charge in [0.2, 0.25) is 0 Å². The van der Waals surface area contributed by atoms with Crippen LogP contribution in [0.5, 0.6) is 0 Å². The van der Waals surface area contributed by atoms with Gasteiger partial charge in [0.15, 0.2) is 0 Å². The van der Waals surface area contributed by atoms with Crippen molar-refractivity contribution in [1.82, 2.24) is 4.90 Å². The van der Waals surface area contributed by atoms with Crippen LogP contribution in [-0.4, -0.2) is 43.9 Å². The summed E-state index contributed by atoms with van der Waals surface area (Å²) in [6.45, 7) is 11.9. The fraction of sp³-hybridized carbons (Fsp3) is 0.562. The molecule has 0 aliphatic rings. The summed E-state index contributed by atoms with van der Waals surface area (Å²) in [5.41, 5.74) is 1.87. The molecule has 1 aromatic carbocycles. The maximum atomic E-state index is 10.8. The maximum absolute atomic E-state index is 10.8. The Labute approximate surface area is 131 Å². The first kappa shape index (κ1) is 17.2. The Morgan fingerprint density at radius 1 is 1.10 bits per heavy atom. The van der Waals surface area contributed by atoms with Crippen LogP contribution >= 0.6 is 15.9 Å². The van der Waals surface area contributed by atoms with E-state index < -0.39 is 0 Å². The highest BCUT2D eigenvalue weighted by Crippen LogP contribution is 2.27. The van der Waals surface area contributed by atoms with E-state index in [0.29, 0.717) is 5.56 Å². The van der Waals surface area contributed by atoms with Crippen LogP contribution in [0.3, 0.4) is 0 Å². The zero-order valence-electron chi connectivity index (χ0n) is 12.7. The lowest BCUT2D eigenvalue weighted by atomic mass is 10.2. The Kier molecular flexibility index (Phi) is 7.85. The van der Waals surface area contributed by atoms with Crippen molar-refractivity contribution >= 4 is 27.9 Å². The van der Waals surface area contributed by atoms with Crippen molar-refractivity contribution in [3.05, 3.63) is 28.2 Å². The van der Waals surface area contributed by atoms with Gasteiger partial charge >= 0.3 is 0 Å². The van der Waals surface area contributed by atoms with E-state index in [1.54, 1.807) is 0 Å². The van der Waals surface area contributed by atoms with Gasteiger partial charge in [0.05, 0.1) is 5.69 Å². The zero-order chi connectivity index (χ0) is 15.0.